The van der Waals surface area contributed by atoms with Gasteiger partial charge in [0.1, 0.15) is 0 Å². The Balaban J connectivity index is 2.10. The Hall–Kier alpha value is -2.27. The first-order valence-corrected chi connectivity index (χ1v) is 6.48. The van der Waals surface area contributed by atoms with Crippen molar-refractivity contribution in [3.8, 4) is 0 Å². The number of non-ortho nitro benzene ring substituents is 1. The quantitative estimate of drug-likeness (QED) is 0.668. The molecule has 0 saturated carbocycles. The van der Waals surface area contributed by atoms with Crippen molar-refractivity contribution in [2.24, 2.45) is 0 Å². The fraction of sp³-hybridized carbons (Fsp3) is 0.267. The van der Waals surface area contributed by atoms with E-state index in [0.717, 1.165) is 11.1 Å². The molecule has 5 nitrogen and oxygen atoms in total. The number of pyridine rings is 1. The summed E-state index contributed by atoms with van der Waals surface area (Å²) < 4.78 is 0. The van der Waals surface area contributed by atoms with E-state index in [1.165, 1.54) is 6.07 Å². The number of benzene rings is 1. The monoisotopic (exact) mass is 271 g/mol. The molecule has 0 aliphatic carbocycles. The maximum absolute atomic E-state index is 10.8. The number of nitrogens with one attached hydrogen (secondary N) is 1. The molecule has 0 bridgehead atoms. The zero-order chi connectivity index (χ0) is 14.5. The molecule has 0 aliphatic heterocycles. The van der Waals surface area contributed by atoms with Crippen molar-refractivity contribution in [3.63, 3.8) is 0 Å². The Morgan fingerprint density at radius 1 is 1.10 bits per heavy atom. The standard InChI is InChI=1S/C15H17N3O2/c1-11(13-6-8-16-9-7-13)17-12(2)14-4-3-5-15(10-14)18(19)20/h3-12,17H,1-2H3. The van der Waals surface area contributed by atoms with Crippen LogP contribution in [0, 0.1) is 10.1 Å². The Morgan fingerprint density at radius 2 is 1.75 bits per heavy atom. The lowest BCUT2D eigenvalue weighted by Gasteiger charge is -2.20. The zero-order valence-corrected chi connectivity index (χ0v) is 11.5. The Bertz CT molecular complexity index is 587. The molecule has 2 unspecified atom stereocenters. The van der Waals surface area contributed by atoms with E-state index in [1.807, 2.05) is 25.1 Å². The highest BCUT2D eigenvalue weighted by molar-refractivity contribution is 5.35. The molecule has 0 radical (unpaired) electrons. The van der Waals surface area contributed by atoms with E-state index in [4.69, 9.17) is 0 Å². The summed E-state index contributed by atoms with van der Waals surface area (Å²) >= 11 is 0. The molecule has 1 heterocycles. The van der Waals surface area contributed by atoms with Crippen LogP contribution in [-0.4, -0.2) is 9.91 Å². The Labute approximate surface area is 117 Å². The molecule has 104 valence electrons. The molecule has 20 heavy (non-hydrogen) atoms. The lowest BCUT2D eigenvalue weighted by atomic mass is 10.0. The lowest BCUT2D eigenvalue weighted by molar-refractivity contribution is -0.384. The van der Waals surface area contributed by atoms with Gasteiger partial charge in [0.15, 0.2) is 0 Å². The summed E-state index contributed by atoms with van der Waals surface area (Å²) in [6, 6.07) is 10.8. The number of nitro benzene ring substituents is 1. The van der Waals surface area contributed by atoms with E-state index < -0.39 is 0 Å². The first kappa shape index (κ1) is 14.1. The van der Waals surface area contributed by atoms with Gasteiger partial charge >= 0.3 is 0 Å². The summed E-state index contributed by atoms with van der Waals surface area (Å²) in [6.07, 6.45) is 3.51. The van der Waals surface area contributed by atoms with Crippen LogP contribution >= 0.6 is 0 Å². The number of rotatable bonds is 5. The summed E-state index contributed by atoms with van der Waals surface area (Å²) in [5.74, 6) is 0. The average molecular weight is 271 g/mol. The van der Waals surface area contributed by atoms with E-state index in [9.17, 15) is 10.1 Å². The highest BCUT2D eigenvalue weighted by atomic mass is 16.6. The smallest absolute Gasteiger partial charge is 0.269 e. The van der Waals surface area contributed by atoms with Gasteiger partial charge in [0.05, 0.1) is 4.92 Å². The summed E-state index contributed by atoms with van der Waals surface area (Å²) in [7, 11) is 0. The molecule has 0 saturated heterocycles. The Kier molecular flexibility index (Phi) is 4.42. The fourth-order valence-electron chi connectivity index (χ4n) is 2.13. The predicted molar refractivity (Wildman–Crippen MR) is 77.3 cm³/mol. The van der Waals surface area contributed by atoms with Crippen molar-refractivity contribution >= 4 is 5.69 Å². The molecule has 2 rings (SSSR count). The van der Waals surface area contributed by atoms with Gasteiger partial charge < -0.3 is 5.32 Å². The SMILES string of the molecule is CC(NC(C)c1cccc([N+](=O)[O-])c1)c1ccncc1. The molecular weight excluding hydrogens is 254 g/mol. The van der Waals surface area contributed by atoms with Gasteiger partial charge in [-0.05, 0) is 37.1 Å². The summed E-state index contributed by atoms with van der Waals surface area (Å²) in [5, 5.41) is 14.2. The number of nitro groups is 1. The second-order valence-electron chi connectivity index (χ2n) is 4.74. The van der Waals surface area contributed by atoms with Gasteiger partial charge in [0.2, 0.25) is 0 Å². The zero-order valence-electron chi connectivity index (χ0n) is 11.5. The van der Waals surface area contributed by atoms with Gasteiger partial charge in [-0.15, -0.1) is 0 Å². The normalized spacial score (nSPS) is 13.7. The topological polar surface area (TPSA) is 68.1 Å². The van der Waals surface area contributed by atoms with Crippen molar-refractivity contribution < 1.29 is 4.92 Å². The third-order valence-corrected chi connectivity index (χ3v) is 3.29. The second kappa shape index (κ2) is 6.25. The van der Waals surface area contributed by atoms with Crippen LogP contribution in [0.3, 0.4) is 0 Å². The maximum Gasteiger partial charge on any atom is 0.269 e. The van der Waals surface area contributed by atoms with Crippen molar-refractivity contribution in [1.29, 1.82) is 0 Å². The van der Waals surface area contributed by atoms with Gasteiger partial charge in [-0.3, -0.25) is 15.1 Å². The molecule has 1 aromatic carbocycles. The highest BCUT2D eigenvalue weighted by Crippen LogP contribution is 2.22. The number of hydrogen-bond donors (Lipinski definition) is 1. The van der Waals surface area contributed by atoms with Crippen LogP contribution in [0.4, 0.5) is 5.69 Å². The maximum atomic E-state index is 10.8. The third kappa shape index (κ3) is 3.39. The molecule has 5 heteroatoms. The molecule has 1 N–H and O–H groups in total. The number of nitrogens with zero attached hydrogens (tertiary/aromatic N) is 2. The van der Waals surface area contributed by atoms with Crippen molar-refractivity contribution in [1.82, 2.24) is 10.3 Å². The predicted octanol–water partition coefficient (Wildman–Crippen LogP) is 3.40. The minimum atomic E-state index is -0.373. The average Bonchev–Trinajstić information content (AvgIpc) is 2.48. The molecule has 0 fully saturated rings. The largest absolute Gasteiger partial charge is 0.304 e. The van der Waals surface area contributed by atoms with Crippen LogP contribution < -0.4 is 5.32 Å². The van der Waals surface area contributed by atoms with E-state index >= 15 is 0 Å². The van der Waals surface area contributed by atoms with E-state index in [0.29, 0.717) is 0 Å². The van der Waals surface area contributed by atoms with Gasteiger partial charge in [0.25, 0.3) is 5.69 Å². The van der Waals surface area contributed by atoms with Crippen molar-refractivity contribution in [2.75, 3.05) is 0 Å². The van der Waals surface area contributed by atoms with Crippen LogP contribution in [-0.2, 0) is 0 Å². The van der Waals surface area contributed by atoms with Crippen LogP contribution in [0.25, 0.3) is 0 Å². The fourth-order valence-corrected chi connectivity index (χ4v) is 2.13. The molecule has 0 amide bonds. The minimum Gasteiger partial charge on any atom is -0.304 e. The molecule has 2 aromatic rings. The molecule has 1 aromatic heterocycles. The van der Waals surface area contributed by atoms with Crippen molar-refractivity contribution in [2.45, 2.75) is 25.9 Å². The van der Waals surface area contributed by atoms with Crippen molar-refractivity contribution in [3.05, 3.63) is 70.0 Å². The number of hydrogen-bond acceptors (Lipinski definition) is 4. The summed E-state index contributed by atoms with van der Waals surface area (Å²) in [5.41, 5.74) is 2.16. The summed E-state index contributed by atoms with van der Waals surface area (Å²) in [4.78, 5) is 14.4. The van der Waals surface area contributed by atoms with Gasteiger partial charge in [-0.1, -0.05) is 12.1 Å². The first-order valence-electron chi connectivity index (χ1n) is 6.48. The molecule has 0 spiro atoms. The molecular formula is C15H17N3O2. The Morgan fingerprint density at radius 3 is 2.40 bits per heavy atom. The van der Waals surface area contributed by atoms with Crippen LogP contribution in [0.15, 0.2) is 48.8 Å². The van der Waals surface area contributed by atoms with Gasteiger partial charge in [-0.2, -0.15) is 0 Å². The molecule has 0 aliphatic rings. The van der Waals surface area contributed by atoms with Gasteiger partial charge in [-0.25, -0.2) is 0 Å². The lowest BCUT2D eigenvalue weighted by Crippen LogP contribution is -2.22. The summed E-state index contributed by atoms with van der Waals surface area (Å²) in [6.45, 7) is 4.06. The first-order chi connectivity index (χ1) is 9.58. The highest BCUT2D eigenvalue weighted by Gasteiger charge is 2.13. The van der Waals surface area contributed by atoms with E-state index in [2.05, 4.69) is 17.2 Å². The van der Waals surface area contributed by atoms with Crippen LogP contribution in [0.2, 0.25) is 0 Å². The second-order valence-corrected chi connectivity index (χ2v) is 4.74. The molecule has 2 atom stereocenters. The minimum absolute atomic E-state index is 0.0260. The van der Waals surface area contributed by atoms with E-state index in [-0.39, 0.29) is 22.7 Å². The van der Waals surface area contributed by atoms with Crippen LogP contribution in [0.1, 0.15) is 37.1 Å². The van der Waals surface area contributed by atoms with Crippen LogP contribution in [0.5, 0.6) is 0 Å². The number of aromatic nitrogens is 1. The van der Waals surface area contributed by atoms with Gasteiger partial charge in [0, 0.05) is 36.6 Å². The van der Waals surface area contributed by atoms with E-state index in [1.54, 1.807) is 24.5 Å². The third-order valence-electron chi connectivity index (χ3n) is 3.29.